The van der Waals surface area contributed by atoms with Crippen LogP contribution < -0.4 is 5.32 Å². The summed E-state index contributed by atoms with van der Waals surface area (Å²) in [7, 11) is 2.08. The van der Waals surface area contributed by atoms with Gasteiger partial charge in [-0.3, -0.25) is 9.89 Å². The lowest BCUT2D eigenvalue weighted by Gasteiger charge is -2.32. The molecule has 0 aliphatic carbocycles. The van der Waals surface area contributed by atoms with Gasteiger partial charge in [0.15, 0.2) is 5.96 Å². The molecule has 106 valence electrons. The third-order valence-electron chi connectivity index (χ3n) is 3.45. The zero-order valence-corrected chi connectivity index (χ0v) is 13.7. The van der Waals surface area contributed by atoms with E-state index < -0.39 is 0 Å². The molecule has 2 heterocycles. The number of nitrogens with zero attached hydrogens (tertiary/aromatic N) is 3. The summed E-state index contributed by atoms with van der Waals surface area (Å²) in [5.74, 6) is 1.05. The standard InChI is InChI=1S/C12H24N4O.HI/c1-3-11-10-16(8-9-17-11)7-5-14-12-13-4-6-15(12)2;/h11H,3-10H2,1-2H3,(H,13,14);1H. The molecule has 1 N–H and O–H groups in total. The first-order valence-corrected chi connectivity index (χ1v) is 6.63. The van der Waals surface area contributed by atoms with Crippen LogP contribution in [-0.4, -0.2) is 74.8 Å². The van der Waals surface area contributed by atoms with E-state index in [1.165, 1.54) is 0 Å². The zero-order chi connectivity index (χ0) is 12.1. The molecule has 1 atom stereocenters. The van der Waals surface area contributed by atoms with Crippen molar-refractivity contribution in [3.05, 3.63) is 0 Å². The van der Waals surface area contributed by atoms with E-state index in [-0.39, 0.29) is 24.0 Å². The molecule has 1 unspecified atom stereocenters. The van der Waals surface area contributed by atoms with Crippen LogP contribution in [0.5, 0.6) is 0 Å². The topological polar surface area (TPSA) is 40.1 Å². The van der Waals surface area contributed by atoms with Gasteiger partial charge >= 0.3 is 0 Å². The van der Waals surface area contributed by atoms with E-state index >= 15 is 0 Å². The molecule has 2 aliphatic heterocycles. The summed E-state index contributed by atoms with van der Waals surface area (Å²) in [4.78, 5) is 9.07. The van der Waals surface area contributed by atoms with Crippen LogP contribution in [0.4, 0.5) is 0 Å². The van der Waals surface area contributed by atoms with Gasteiger partial charge in [-0.2, -0.15) is 0 Å². The van der Waals surface area contributed by atoms with Crippen LogP contribution in [0.15, 0.2) is 4.99 Å². The van der Waals surface area contributed by atoms with Crippen LogP contribution in [0.3, 0.4) is 0 Å². The second kappa shape index (κ2) is 8.16. The predicted molar refractivity (Wildman–Crippen MR) is 84.8 cm³/mol. The van der Waals surface area contributed by atoms with Crippen molar-refractivity contribution in [2.45, 2.75) is 19.4 Å². The van der Waals surface area contributed by atoms with Crippen molar-refractivity contribution in [1.29, 1.82) is 0 Å². The number of aliphatic imine (C=N–C) groups is 1. The van der Waals surface area contributed by atoms with Crippen molar-refractivity contribution < 1.29 is 4.74 Å². The average molecular weight is 368 g/mol. The van der Waals surface area contributed by atoms with E-state index in [0.29, 0.717) is 6.10 Å². The molecule has 5 nitrogen and oxygen atoms in total. The van der Waals surface area contributed by atoms with E-state index in [2.05, 4.69) is 34.1 Å². The third-order valence-corrected chi connectivity index (χ3v) is 3.45. The van der Waals surface area contributed by atoms with Crippen molar-refractivity contribution in [2.75, 3.05) is 52.9 Å². The number of hydrogen-bond donors (Lipinski definition) is 1. The summed E-state index contributed by atoms with van der Waals surface area (Å²) in [6.07, 6.45) is 1.54. The molecule has 0 radical (unpaired) electrons. The molecular formula is C12H25IN4O. The van der Waals surface area contributed by atoms with Crippen molar-refractivity contribution >= 4 is 29.9 Å². The first-order valence-electron chi connectivity index (χ1n) is 6.63. The fourth-order valence-corrected chi connectivity index (χ4v) is 2.28. The Kier molecular flexibility index (Phi) is 7.25. The minimum atomic E-state index is 0. The highest BCUT2D eigenvalue weighted by molar-refractivity contribution is 14.0. The minimum absolute atomic E-state index is 0. The Morgan fingerprint density at radius 1 is 1.44 bits per heavy atom. The molecule has 0 saturated carbocycles. The molecule has 0 bridgehead atoms. The number of halogens is 1. The highest BCUT2D eigenvalue weighted by atomic mass is 127. The predicted octanol–water partition coefficient (Wildman–Crippen LogP) is 0.606. The maximum atomic E-state index is 5.66. The van der Waals surface area contributed by atoms with E-state index in [9.17, 15) is 0 Å². The molecule has 0 amide bonds. The average Bonchev–Trinajstić information content (AvgIpc) is 2.76. The van der Waals surface area contributed by atoms with Gasteiger partial charge in [-0.05, 0) is 6.42 Å². The highest BCUT2D eigenvalue weighted by Crippen LogP contribution is 2.07. The lowest BCUT2D eigenvalue weighted by Crippen LogP contribution is -2.46. The molecule has 18 heavy (non-hydrogen) atoms. The Morgan fingerprint density at radius 2 is 2.28 bits per heavy atom. The van der Waals surface area contributed by atoms with Gasteiger partial charge in [-0.25, -0.2) is 0 Å². The molecule has 2 rings (SSSR count). The molecule has 6 heteroatoms. The van der Waals surface area contributed by atoms with Gasteiger partial charge in [0.05, 0.1) is 19.3 Å². The fourth-order valence-electron chi connectivity index (χ4n) is 2.28. The van der Waals surface area contributed by atoms with Crippen molar-refractivity contribution in [1.82, 2.24) is 15.1 Å². The Labute approximate surface area is 127 Å². The van der Waals surface area contributed by atoms with E-state index in [4.69, 9.17) is 4.74 Å². The number of likely N-dealkylation sites (N-methyl/N-ethyl adjacent to an activating group) is 1. The second-order valence-electron chi connectivity index (χ2n) is 4.76. The van der Waals surface area contributed by atoms with E-state index in [0.717, 1.165) is 58.3 Å². The van der Waals surface area contributed by atoms with Gasteiger partial charge in [0.2, 0.25) is 0 Å². The fraction of sp³-hybridized carbons (Fsp3) is 0.917. The summed E-state index contributed by atoms with van der Waals surface area (Å²) in [5.41, 5.74) is 0. The molecule has 0 aromatic rings. The second-order valence-corrected chi connectivity index (χ2v) is 4.76. The summed E-state index contributed by atoms with van der Waals surface area (Å²) in [6, 6.07) is 0. The number of guanidine groups is 1. The van der Waals surface area contributed by atoms with Crippen LogP contribution in [0.25, 0.3) is 0 Å². The van der Waals surface area contributed by atoms with Crippen LogP contribution >= 0.6 is 24.0 Å². The number of nitrogens with one attached hydrogen (secondary N) is 1. The lowest BCUT2D eigenvalue weighted by atomic mass is 10.2. The van der Waals surface area contributed by atoms with Crippen LogP contribution in [0.2, 0.25) is 0 Å². The molecule has 0 aromatic heterocycles. The van der Waals surface area contributed by atoms with Gasteiger partial charge in [-0.1, -0.05) is 6.92 Å². The minimum Gasteiger partial charge on any atom is -0.376 e. The third kappa shape index (κ3) is 4.55. The van der Waals surface area contributed by atoms with Crippen LogP contribution in [0, 0.1) is 0 Å². The summed E-state index contributed by atoms with van der Waals surface area (Å²) < 4.78 is 5.66. The Morgan fingerprint density at radius 3 is 2.94 bits per heavy atom. The first kappa shape index (κ1) is 16.0. The smallest absolute Gasteiger partial charge is 0.193 e. The van der Waals surface area contributed by atoms with Gasteiger partial charge in [0.1, 0.15) is 0 Å². The van der Waals surface area contributed by atoms with E-state index in [1.54, 1.807) is 0 Å². The summed E-state index contributed by atoms with van der Waals surface area (Å²) in [6.45, 7) is 9.20. The molecule has 0 aromatic carbocycles. The molecule has 2 aliphatic rings. The number of rotatable bonds is 4. The van der Waals surface area contributed by atoms with Crippen molar-refractivity contribution in [3.63, 3.8) is 0 Å². The van der Waals surface area contributed by atoms with Gasteiger partial charge in [-0.15, -0.1) is 24.0 Å². The zero-order valence-electron chi connectivity index (χ0n) is 11.4. The highest BCUT2D eigenvalue weighted by Gasteiger charge is 2.18. The quantitative estimate of drug-likeness (QED) is 0.739. The number of ether oxygens (including phenoxy) is 1. The molecule has 0 spiro atoms. The first-order chi connectivity index (χ1) is 8.29. The Bertz CT molecular complexity index is 275. The van der Waals surface area contributed by atoms with Gasteiger partial charge in [0.25, 0.3) is 0 Å². The Hall–Kier alpha value is -0.0800. The maximum absolute atomic E-state index is 5.66. The van der Waals surface area contributed by atoms with Gasteiger partial charge < -0.3 is 15.0 Å². The van der Waals surface area contributed by atoms with Gasteiger partial charge in [0, 0.05) is 39.8 Å². The summed E-state index contributed by atoms with van der Waals surface area (Å²) in [5, 5.41) is 3.40. The number of morpholine rings is 1. The number of hydrogen-bond acceptors (Lipinski definition) is 5. The molecule has 1 saturated heterocycles. The largest absolute Gasteiger partial charge is 0.376 e. The normalized spacial score (nSPS) is 24.7. The SMILES string of the molecule is CCC1CN(CCNC2=NCCN2C)CCO1.I. The summed E-state index contributed by atoms with van der Waals surface area (Å²) >= 11 is 0. The molecule has 1 fully saturated rings. The van der Waals surface area contributed by atoms with Crippen molar-refractivity contribution in [2.24, 2.45) is 4.99 Å². The Balaban J connectivity index is 0.00000162. The molecular weight excluding hydrogens is 343 g/mol. The lowest BCUT2D eigenvalue weighted by molar-refractivity contribution is -0.0288. The van der Waals surface area contributed by atoms with E-state index in [1.807, 2.05) is 0 Å². The van der Waals surface area contributed by atoms with Crippen LogP contribution in [0.1, 0.15) is 13.3 Å². The van der Waals surface area contributed by atoms with Crippen LogP contribution in [-0.2, 0) is 4.74 Å². The maximum Gasteiger partial charge on any atom is 0.193 e. The monoisotopic (exact) mass is 368 g/mol. The van der Waals surface area contributed by atoms with Crippen molar-refractivity contribution in [3.8, 4) is 0 Å².